The van der Waals surface area contributed by atoms with Crippen LogP contribution in [0.15, 0.2) is 170 Å². The zero-order chi connectivity index (χ0) is 30.5. The van der Waals surface area contributed by atoms with Crippen LogP contribution in [0, 0.1) is 0 Å². The summed E-state index contributed by atoms with van der Waals surface area (Å²) in [5.41, 5.74) is 9.89. The van der Waals surface area contributed by atoms with Crippen LogP contribution in [0.3, 0.4) is 0 Å². The highest BCUT2D eigenvalue weighted by atomic mass is 15.1. The van der Waals surface area contributed by atoms with Crippen LogP contribution in [0.5, 0.6) is 0 Å². The van der Waals surface area contributed by atoms with Gasteiger partial charge in [-0.1, -0.05) is 127 Å². The summed E-state index contributed by atoms with van der Waals surface area (Å²) in [6.45, 7) is 0. The Bertz CT molecular complexity index is 2400. The number of hydrogen-bond acceptors (Lipinski definition) is 2. The summed E-state index contributed by atoms with van der Waals surface area (Å²) in [5.74, 6) is 1.53. The minimum absolute atomic E-state index is 0.701. The van der Waals surface area contributed by atoms with Gasteiger partial charge in [0.25, 0.3) is 0 Å². The van der Waals surface area contributed by atoms with Crippen LogP contribution in [-0.4, -0.2) is 19.1 Å². The lowest BCUT2D eigenvalue weighted by Crippen LogP contribution is -2.01. The number of aromatic nitrogens is 4. The van der Waals surface area contributed by atoms with Crippen molar-refractivity contribution >= 4 is 32.7 Å². The summed E-state index contributed by atoms with van der Waals surface area (Å²) in [7, 11) is 0. The van der Waals surface area contributed by atoms with Crippen molar-refractivity contribution in [3.63, 3.8) is 0 Å². The molecule has 4 heteroatoms. The lowest BCUT2D eigenvalue weighted by Gasteiger charge is -2.11. The molecule has 0 bridgehead atoms. The van der Waals surface area contributed by atoms with E-state index in [1.54, 1.807) is 0 Å². The molecule has 0 amide bonds. The van der Waals surface area contributed by atoms with Crippen molar-refractivity contribution in [3.8, 4) is 45.3 Å². The molecule has 0 atom stereocenters. The van der Waals surface area contributed by atoms with Gasteiger partial charge in [0.15, 0.2) is 5.82 Å². The number of benzene rings is 6. The van der Waals surface area contributed by atoms with E-state index < -0.39 is 0 Å². The van der Waals surface area contributed by atoms with E-state index in [1.165, 1.54) is 27.2 Å². The maximum Gasteiger partial charge on any atom is 0.162 e. The molecule has 46 heavy (non-hydrogen) atoms. The van der Waals surface area contributed by atoms with E-state index in [0.717, 1.165) is 45.0 Å². The molecule has 0 saturated heterocycles. The fraction of sp³-hybridized carbons (Fsp3) is 0. The Morgan fingerprint density at radius 2 is 0.957 bits per heavy atom. The Kier molecular flexibility index (Phi) is 6.10. The normalized spacial score (nSPS) is 11.5. The van der Waals surface area contributed by atoms with Crippen LogP contribution in [0.2, 0.25) is 0 Å². The lowest BCUT2D eigenvalue weighted by atomic mass is 10.0. The highest BCUT2D eigenvalue weighted by molar-refractivity contribution is 6.09. The smallest absolute Gasteiger partial charge is 0.162 e. The summed E-state index contributed by atoms with van der Waals surface area (Å²) in [6.07, 6.45) is 2.21. The van der Waals surface area contributed by atoms with Gasteiger partial charge in [0, 0.05) is 50.8 Å². The Morgan fingerprint density at radius 1 is 0.413 bits per heavy atom. The average Bonchev–Trinajstić information content (AvgIpc) is 3.69. The summed E-state index contributed by atoms with van der Waals surface area (Å²) >= 11 is 0. The predicted molar refractivity (Wildman–Crippen MR) is 190 cm³/mol. The van der Waals surface area contributed by atoms with Crippen molar-refractivity contribution in [2.24, 2.45) is 0 Å². The first-order valence-electron chi connectivity index (χ1n) is 15.5. The van der Waals surface area contributed by atoms with Crippen molar-refractivity contribution in [2.45, 2.75) is 0 Å². The molecule has 0 N–H and O–H groups in total. The van der Waals surface area contributed by atoms with Crippen LogP contribution in [0.4, 0.5) is 0 Å². The van der Waals surface area contributed by atoms with Gasteiger partial charge in [-0.05, 0) is 35.9 Å². The monoisotopic (exact) mass is 588 g/mol. The second-order valence-electron chi connectivity index (χ2n) is 11.5. The van der Waals surface area contributed by atoms with Crippen LogP contribution < -0.4 is 0 Å². The van der Waals surface area contributed by atoms with Crippen molar-refractivity contribution in [3.05, 3.63) is 170 Å². The maximum atomic E-state index is 5.11. The third-order valence-electron chi connectivity index (χ3n) is 8.79. The van der Waals surface area contributed by atoms with Crippen molar-refractivity contribution in [1.82, 2.24) is 19.1 Å². The molecule has 9 rings (SSSR count). The molecule has 0 unspecified atom stereocenters. The van der Waals surface area contributed by atoms with Crippen molar-refractivity contribution in [2.75, 3.05) is 0 Å². The maximum absolute atomic E-state index is 5.11. The molecule has 0 saturated carbocycles. The summed E-state index contributed by atoms with van der Waals surface area (Å²) in [4.78, 5) is 10.1. The van der Waals surface area contributed by atoms with E-state index in [1.807, 2.05) is 36.4 Å². The fourth-order valence-corrected chi connectivity index (χ4v) is 6.62. The van der Waals surface area contributed by atoms with Crippen molar-refractivity contribution in [1.29, 1.82) is 0 Å². The molecule has 0 fully saturated rings. The Balaban J connectivity index is 1.19. The minimum atomic E-state index is 0.701. The standard InChI is InChI=1S/C42H28N4/c1-3-13-30(14-4-1)37-27-41(44-42(43-37)31-15-5-2-6-16-31)45-28-36(35-19-7-10-20-38(35)45)29-23-25-32(26-24-29)46-39-21-11-8-17-33(39)34-18-9-12-22-40(34)46/h1-28H. The van der Waals surface area contributed by atoms with Crippen molar-refractivity contribution < 1.29 is 0 Å². The first-order valence-corrected chi connectivity index (χ1v) is 15.5. The number of rotatable bonds is 5. The third-order valence-corrected chi connectivity index (χ3v) is 8.79. The second-order valence-corrected chi connectivity index (χ2v) is 11.5. The predicted octanol–water partition coefficient (Wildman–Crippen LogP) is 10.5. The van der Waals surface area contributed by atoms with Gasteiger partial charge >= 0.3 is 0 Å². The number of fused-ring (bicyclic) bond motifs is 4. The zero-order valence-electron chi connectivity index (χ0n) is 25.0. The van der Waals surface area contributed by atoms with Gasteiger partial charge in [-0.15, -0.1) is 0 Å². The highest BCUT2D eigenvalue weighted by Crippen LogP contribution is 2.36. The van der Waals surface area contributed by atoms with E-state index in [4.69, 9.17) is 9.97 Å². The molecule has 3 heterocycles. The van der Waals surface area contributed by atoms with Gasteiger partial charge in [-0.3, -0.25) is 0 Å². The first-order chi connectivity index (χ1) is 22.8. The van der Waals surface area contributed by atoms with Crippen LogP contribution in [-0.2, 0) is 0 Å². The number of nitrogens with zero attached hydrogens (tertiary/aromatic N) is 4. The largest absolute Gasteiger partial charge is 0.309 e. The number of hydrogen-bond donors (Lipinski definition) is 0. The molecule has 0 radical (unpaired) electrons. The van der Waals surface area contributed by atoms with Gasteiger partial charge in [-0.25, -0.2) is 9.97 Å². The Labute approximate surface area is 266 Å². The van der Waals surface area contributed by atoms with Gasteiger partial charge in [0.05, 0.1) is 22.2 Å². The highest BCUT2D eigenvalue weighted by Gasteiger charge is 2.17. The third kappa shape index (κ3) is 4.31. The minimum Gasteiger partial charge on any atom is -0.309 e. The van der Waals surface area contributed by atoms with Gasteiger partial charge < -0.3 is 9.13 Å². The first kappa shape index (κ1) is 26.2. The topological polar surface area (TPSA) is 35.6 Å². The molecule has 0 aliphatic carbocycles. The van der Waals surface area contributed by atoms with Crippen LogP contribution in [0.25, 0.3) is 78.0 Å². The Morgan fingerprint density at radius 3 is 1.61 bits per heavy atom. The summed E-state index contributed by atoms with van der Waals surface area (Å²) < 4.78 is 4.56. The van der Waals surface area contributed by atoms with Gasteiger partial charge in [0.1, 0.15) is 5.82 Å². The summed E-state index contributed by atoms with van der Waals surface area (Å²) in [6, 6.07) is 57.3. The SMILES string of the molecule is c1ccc(-c2cc(-n3cc(-c4ccc(-n5c6ccccc6c6ccccc65)cc4)c4ccccc43)nc(-c3ccccc3)n2)cc1. The van der Waals surface area contributed by atoms with E-state index in [9.17, 15) is 0 Å². The number of para-hydroxylation sites is 3. The fourth-order valence-electron chi connectivity index (χ4n) is 6.62. The van der Waals surface area contributed by atoms with Gasteiger partial charge in [-0.2, -0.15) is 0 Å². The molecular formula is C42H28N4. The molecule has 4 nitrogen and oxygen atoms in total. The van der Waals surface area contributed by atoms with Gasteiger partial charge in [0.2, 0.25) is 0 Å². The molecule has 3 aromatic heterocycles. The van der Waals surface area contributed by atoms with Crippen LogP contribution >= 0.6 is 0 Å². The molecule has 0 aliphatic heterocycles. The molecule has 0 spiro atoms. The molecule has 6 aromatic carbocycles. The molecule has 9 aromatic rings. The quantitative estimate of drug-likeness (QED) is 0.200. The van der Waals surface area contributed by atoms with E-state index >= 15 is 0 Å². The van der Waals surface area contributed by atoms with E-state index in [-0.39, 0.29) is 0 Å². The lowest BCUT2D eigenvalue weighted by molar-refractivity contribution is 1.02. The average molecular weight is 589 g/mol. The molecular weight excluding hydrogens is 560 g/mol. The second kappa shape index (κ2) is 10.7. The molecule has 216 valence electrons. The molecule has 0 aliphatic rings. The van der Waals surface area contributed by atoms with E-state index in [0.29, 0.717) is 5.82 Å². The summed E-state index contributed by atoms with van der Waals surface area (Å²) in [5, 5.41) is 3.70. The zero-order valence-corrected chi connectivity index (χ0v) is 25.0. The van der Waals surface area contributed by atoms with Crippen LogP contribution in [0.1, 0.15) is 0 Å². The van der Waals surface area contributed by atoms with E-state index in [2.05, 4.69) is 143 Å². The Hall–Kier alpha value is -6.26.